The molecule has 0 spiro atoms. The molecule has 1 fully saturated rings. The van der Waals surface area contributed by atoms with Crippen molar-refractivity contribution in [1.82, 2.24) is 15.1 Å². The number of piperazine rings is 1. The Balaban J connectivity index is 1.40. The maximum absolute atomic E-state index is 13.0. The molecule has 1 heterocycles. The van der Waals surface area contributed by atoms with Gasteiger partial charge in [0, 0.05) is 31.7 Å². The Morgan fingerprint density at radius 1 is 0.788 bits per heavy atom. The Kier molecular flexibility index (Phi) is 7.12. The minimum atomic E-state index is -0.310. The van der Waals surface area contributed by atoms with E-state index in [0.717, 1.165) is 24.2 Å². The highest BCUT2D eigenvalue weighted by Gasteiger charge is 2.22. The third kappa shape index (κ3) is 5.63. The number of carbonyl (C=O) groups excluding carboxylic acids is 2. The molecule has 6 nitrogen and oxygen atoms in total. The maximum atomic E-state index is 13.0. The number of nitrogens with zero attached hydrogens (tertiary/aromatic N) is 2. The van der Waals surface area contributed by atoms with E-state index in [1.54, 1.807) is 24.3 Å². The molecule has 2 N–H and O–H groups in total. The molecule has 0 atom stereocenters. The molecule has 4 rings (SSSR count). The molecule has 0 radical (unpaired) electrons. The lowest BCUT2D eigenvalue weighted by molar-refractivity contribution is 0.0665. The van der Waals surface area contributed by atoms with Crippen LogP contribution in [0.1, 0.15) is 20.7 Å². The summed E-state index contributed by atoms with van der Waals surface area (Å²) < 4.78 is 0. The second-order valence-electron chi connectivity index (χ2n) is 7.99. The monoisotopic (exact) mass is 458 g/mol. The fraction of sp³-hybridized carbons (Fsp3) is 0.192. The van der Waals surface area contributed by atoms with Crippen LogP contribution in [0.25, 0.3) is 11.1 Å². The number of hydrogen-bond acceptors (Lipinski definition) is 4. The number of anilines is 1. The summed E-state index contributed by atoms with van der Waals surface area (Å²) in [5, 5.41) is 5.87. The smallest absolute Gasteiger partial charge is 0.257 e. The van der Waals surface area contributed by atoms with E-state index in [0.29, 0.717) is 29.9 Å². The minimum absolute atomic E-state index is 0.0446. The van der Waals surface area contributed by atoms with Crippen LogP contribution in [0.5, 0.6) is 0 Å². The van der Waals surface area contributed by atoms with Crippen LogP contribution in [0.15, 0.2) is 78.9 Å². The number of para-hydroxylation sites is 1. The molecule has 168 valence electrons. The highest BCUT2D eigenvalue weighted by molar-refractivity contribution is 7.80. The summed E-state index contributed by atoms with van der Waals surface area (Å²) in [4.78, 5) is 29.8. The van der Waals surface area contributed by atoms with Crippen molar-refractivity contribution in [3.63, 3.8) is 0 Å². The van der Waals surface area contributed by atoms with Crippen LogP contribution < -0.4 is 10.6 Å². The molecule has 33 heavy (non-hydrogen) atoms. The first kappa shape index (κ1) is 22.6. The number of likely N-dealkylation sites (N-methyl/N-ethyl adjacent to an activating group) is 1. The van der Waals surface area contributed by atoms with Crippen molar-refractivity contribution in [1.29, 1.82) is 0 Å². The Labute approximate surface area is 199 Å². The zero-order chi connectivity index (χ0) is 23.2. The Morgan fingerprint density at radius 2 is 1.39 bits per heavy atom. The number of amides is 2. The molecule has 3 aromatic carbocycles. The molecule has 1 aliphatic heterocycles. The fourth-order valence-corrected chi connectivity index (χ4v) is 3.93. The van der Waals surface area contributed by atoms with Gasteiger partial charge in [0.25, 0.3) is 11.8 Å². The molecule has 0 aromatic heterocycles. The van der Waals surface area contributed by atoms with Gasteiger partial charge in [-0.1, -0.05) is 54.6 Å². The predicted octanol–water partition coefficient (Wildman–Crippen LogP) is 3.87. The fourth-order valence-electron chi connectivity index (χ4n) is 3.73. The molecule has 3 aromatic rings. The van der Waals surface area contributed by atoms with Gasteiger partial charge in [-0.25, -0.2) is 0 Å². The quantitative estimate of drug-likeness (QED) is 0.581. The second-order valence-corrected chi connectivity index (χ2v) is 8.40. The van der Waals surface area contributed by atoms with Gasteiger partial charge in [0.1, 0.15) is 0 Å². The van der Waals surface area contributed by atoms with Gasteiger partial charge in [-0.05, 0) is 54.7 Å². The summed E-state index contributed by atoms with van der Waals surface area (Å²) in [5.74, 6) is -0.355. The van der Waals surface area contributed by atoms with Gasteiger partial charge in [-0.3, -0.25) is 14.9 Å². The zero-order valence-electron chi connectivity index (χ0n) is 18.5. The lowest BCUT2D eigenvalue weighted by Crippen LogP contribution is -2.47. The van der Waals surface area contributed by atoms with Crippen LogP contribution in [-0.4, -0.2) is 60.0 Å². The van der Waals surface area contributed by atoms with E-state index in [9.17, 15) is 9.59 Å². The number of nitrogens with one attached hydrogen (secondary N) is 2. The summed E-state index contributed by atoms with van der Waals surface area (Å²) in [6.07, 6.45) is 0. The van der Waals surface area contributed by atoms with Crippen molar-refractivity contribution in [3.05, 3.63) is 90.0 Å². The highest BCUT2D eigenvalue weighted by Crippen LogP contribution is 2.20. The Bertz CT molecular complexity index is 1140. The standard InChI is InChI=1S/C26H26N4O2S/c1-29-15-17-30(18-16-29)25(32)22-9-5-6-10-23(22)27-26(33)28-24(31)21-13-11-20(12-14-21)19-7-3-2-4-8-19/h2-14H,15-18H2,1H3,(H2,27,28,31,33). The second kappa shape index (κ2) is 10.4. The van der Waals surface area contributed by atoms with Gasteiger partial charge in [0.05, 0.1) is 11.3 Å². The normalized spacial score (nSPS) is 13.9. The van der Waals surface area contributed by atoms with Crippen molar-refractivity contribution >= 4 is 34.8 Å². The summed E-state index contributed by atoms with van der Waals surface area (Å²) in [6, 6.07) is 24.5. The highest BCUT2D eigenvalue weighted by atomic mass is 32.1. The van der Waals surface area contributed by atoms with Crippen molar-refractivity contribution in [2.45, 2.75) is 0 Å². The molecule has 0 aliphatic carbocycles. The molecule has 1 aliphatic rings. The maximum Gasteiger partial charge on any atom is 0.257 e. The molecular formula is C26H26N4O2S. The SMILES string of the molecule is CN1CCN(C(=O)c2ccccc2NC(=S)NC(=O)c2ccc(-c3ccccc3)cc2)CC1. The molecule has 7 heteroatoms. The van der Waals surface area contributed by atoms with E-state index < -0.39 is 0 Å². The van der Waals surface area contributed by atoms with Gasteiger partial charge in [-0.15, -0.1) is 0 Å². The zero-order valence-corrected chi connectivity index (χ0v) is 19.3. The van der Waals surface area contributed by atoms with Gasteiger partial charge in [-0.2, -0.15) is 0 Å². The van der Waals surface area contributed by atoms with Crippen molar-refractivity contribution in [3.8, 4) is 11.1 Å². The lowest BCUT2D eigenvalue weighted by atomic mass is 10.0. The number of thiocarbonyl (C=S) groups is 1. The van der Waals surface area contributed by atoms with Crippen molar-refractivity contribution in [2.24, 2.45) is 0 Å². The van der Waals surface area contributed by atoms with Gasteiger partial charge < -0.3 is 15.1 Å². The number of rotatable bonds is 4. The molecular weight excluding hydrogens is 432 g/mol. The topological polar surface area (TPSA) is 64.7 Å². The van der Waals surface area contributed by atoms with Gasteiger partial charge in [0.15, 0.2) is 5.11 Å². The summed E-state index contributed by atoms with van der Waals surface area (Å²) in [7, 11) is 2.05. The lowest BCUT2D eigenvalue weighted by Gasteiger charge is -2.32. The number of carbonyl (C=O) groups is 2. The molecule has 0 bridgehead atoms. The van der Waals surface area contributed by atoms with E-state index >= 15 is 0 Å². The first-order valence-corrected chi connectivity index (χ1v) is 11.3. The minimum Gasteiger partial charge on any atom is -0.336 e. The van der Waals surface area contributed by atoms with E-state index in [-0.39, 0.29) is 16.9 Å². The van der Waals surface area contributed by atoms with E-state index in [2.05, 4.69) is 15.5 Å². The molecule has 0 saturated carbocycles. The molecule has 1 saturated heterocycles. The van der Waals surface area contributed by atoms with Crippen molar-refractivity contribution < 1.29 is 9.59 Å². The van der Waals surface area contributed by atoms with Crippen LogP contribution in [0.4, 0.5) is 5.69 Å². The third-order valence-electron chi connectivity index (χ3n) is 5.68. The van der Waals surface area contributed by atoms with Crippen LogP contribution >= 0.6 is 12.2 Å². The van der Waals surface area contributed by atoms with Crippen LogP contribution in [0, 0.1) is 0 Å². The summed E-state index contributed by atoms with van der Waals surface area (Å²) in [6.45, 7) is 3.06. The van der Waals surface area contributed by atoms with E-state index in [1.165, 1.54) is 0 Å². The average Bonchev–Trinajstić information content (AvgIpc) is 2.85. The first-order valence-electron chi connectivity index (χ1n) is 10.9. The van der Waals surface area contributed by atoms with E-state index in [1.807, 2.05) is 66.5 Å². The molecule has 0 unspecified atom stereocenters. The Morgan fingerprint density at radius 3 is 2.09 bits per heavy atom. The third-order valence-corrected chi connectivity index (χ3v) is 5.88. The van der Waals surface area contributed by atoms with E-state index in [4.69, 9.17) is 12.2 Å². The van der Waals surface area contributed by atoms with Crippen molar-refractivity contribution in [2.75, 3.05) is 38.5 Å². The predicted molar refractivity (Wildman–Crippen MR) is 135 cm³/mol. The summed E-state index contributed by atoms with van der Waals surface area (Å²) >= 11 is 5.36. The van der Waals surface area contributed by atoms with Gasteiger partial charge in [0.2, 0.25) is 0 Å². The molecule has 2 amide bonds. The number of hydrogen-bond donors (Lipinski definition) is 2. The number of benzene rings is 3. The van der Waals surface area contributed by atoms with Gasteiger partial charge >= 0.3 is 0 Å². The Hall–Kier alpha value is -3.55. The van der Waals surface area contributed by atoms with Crippen LogP contribution in [0.2, 0.25) is 0 Å². The van der Waals surface area contributed by atoms with Crippen LogP contribution in [-0.2, 0) is 0 Å². The summed E-state index contributed by atoms with van der Waals surface area (Å²) in [5.41, 5.74) is 3.73. The van der Waals surface area contributed by atoms with Crippen LogP contribution in [0.3, 0.4) is 0 Å². The largest absolute Gasteiger partial charge is 0.336 e. The first-order chi connectivity index (χ1) is 16.0. The average molecular weight is 459 g/mol.